The normalized spacial score (nSPS) is 13.4. The molecular formula is C18H18FN5O. The summed E-state index contributed by atoms with van der Waals surface area (Å²) in [7, 11) is 0. The zero-order chi connectivity index (χ0) is 17.6. The maximum atomic E-state index is 13.1. The van der Waals surface area contributed by atoms with Crippen LogP contribution in [0.5, 0.6) is 0 Å². The molecule has 25 heavy (non-hydrogen) atoms. The molecule has 0 saturated carbocycles. The summed E-state index contributed by atoms with van der Waals surface area (Å²) in [6, 6.07) is 8.90. The predicted octanol–water partition coefficient (Wildman–Crippen LogP) is 3.01. The number of pyridine rings is 1. The molecule has 0 unspecified atom stereocenters. The molecular weight excluding hydrogens is 321 g/mol. The molecule has 1 aliphatic heterocycles. The third kappa shape index (κ3) is 4.23. The summed E-state index contributed by atoms with van der Waals surface area (Å²) in [5.74, 6) is 0.433. The summed E-state index contributed by atoms with van der Waals surface area (Å²) in [5.41, 5.74) is 1.22. The van der Waals surface area contributed by atoms with Crippen molar-refractivity contribution in [3.63, 3.8) is 0 Å². The fourth-order valence-electron chi connectivity index (χ4n) is 2.72. The van der Waals surface area contributed by atoms with E-state index in [0.717, 1.165) is 30.5 Å². The van der Waals surface area contributed by atoms with Crippen LogP contribution in [-0.2, 0) is 6.54 Å². The molecule has 1 aromatic carbocycles. The van der Waals surface area contributed by atoms with Gasteiger partial charge in [0.05, 0.1) is 11.3 Å². The lowest BCUT2D eigenvalue weighted by Crippen LogP contribution is -2.28. The molecule has 6 nitrogen and oxygen atoms in total. The molecule has 1 saturated heterocycles. The minimum atomic E-state index is -0.522. The molecule has 0 spiro atoms. The lowest BCUT2D eigenvalue weighted by molar-refractivity contribution is 0.251. The highest BCUT2D eigenvalue weighted by Crippen LogP contribution is 2.18. The first-order chi connectivity index (χ1) is 12.2. The van der Waals surface area contributed by atoms with Crippen molar-refractivity contribution in [1.29, 1.82) is 5.26 Å². The van der Waals surface area contributed by atoms with Crippen molar-refractivity contribution in [3.8, 4) is 6.07 Å². The Hall–Kier alpha value is -3.14. The standard InChI is InChI=1S/C18H18FN5O/c19-15-4-5-16(14(9-15)10-20)23-18(25)22-12-13-3-6-17(21-11-13)24-7-1-2-8-24/h3-6,9,11H,1-2,7-8,12H2,(H2,22,23,25). The number of urea groups is 1. The zero-order valence-corrected chi connectivity index (χ0v) is 13.6. The fraction of sp³-hybridized carbons (Fsp3) is 0.278. The summed E-state index contributed by atoms with van der Waals surface area (Å²) in [4.78, 5) is 18.6. The van der Waals surface area contributed by atoms with Crippen LogP contribution in [0.25, 0.3) is 0 Å². The van der Waals surface area contributed by atoms with Crippen molar-refractivity contribution in [2.24, 2.45) is 0 Å². The van der Waals surface area contributed by atoms with Crippen molar-refractivity contribution in [1.82, 2.24) is 10.3 Å². The molecule has 2 N–H and O–H groups in total. The Morgan fingerprint density at radius 2 is 2.08 bits per heavy atom. The van der Waals surface area contributed by atoms with Crippen LogP contribution in [0.2, 0.25) is 0 Å². The zero-order valence-electron chi connectivity index (χ0n) is 13.6. The predicted molar refractivity (Wildman–Crippen MR) is 92.7 cm³/mol. The van der Waals surface area contributed by atoms with Crippen LogP contribution in [-0.4, -0.2) is 24.1 Å². The molecule has 1 aromatic heterocycles. The molecule has 0 atom stereocenters. The maximum absolute atomic E-state index is 13.1. The van der Waals surface area contributed by atoms with Gasteiger partial charge >= 0.3 is 6.03 Å². The van der Waals surface area contributed by atoms with Crippen LogP contribution in [0, 0.1) is 17.1 Å². The Balaban J connectivity index is 1.54. The van der Waals surface area contributed by atoms with Crippen molar-refractivity contribution in [3.05, 3.63) is 53.5 Å². The topological polar surface area (TPSA) is 81.0 Å². The summed E-state index contributed by atoms with van der Waals surface area (Å²) < 4.78 is 13.1. The largest absolute Gasteiger partial charge is 0.357 e. The number of hydrogen-bond acceptors (Lipinski definition) is 4. The van der Waals surface area contributed by atoms with Crippen LogP contribution in [0.3, 0.4) is 0 Å². The quantitative estimate of drug-likeness (QED) is 0.897. The van der Waals surface area contributed by atoms with Crippen LogP contribution >= 0.6 is 0 Å². The number of nitrogens with one attached hydrogen (secondary N) is 2. The minimum absolute atomic E-state index is 0.0757. The second-order valence-electron chi connectivity index (χ2n) is 5.83. The van der Waals surface area contributed by atoms with E-state index in [1.54, 1.807) is 6.20 Å². The molecule has 128 valence electrons. The van der Waals surface area contributed by atoms with Crippen LogP contribution in [0.15, 0.2) is 36.5 Å². The molecule has 2 heterocycles. The number of carbonyl (C=O) groups is 1. The lowest BCUT2D eigenvalue weighted by Gasteiger charge is -2.16. The van der Waals surface area contributed by atoms with Gasteiger partial charge in [0.2, 0.25) is 0 Å². The van der Waals surface area contributed by atoms with Gasteiger partial charge in [-0.25, -0.2) is 14.2 Å². The van der Waals surface area contributed by atoms with E-state index in [-0.39, 0.29) is 11.3 Å². The van der Waals surface area contributed by atoms with Gasteiger partial charge in [0, 0.05) is 25.8 Å². The Labute approximate surface area is 145 Å². The number of anilines is 2. The molecule has 1 fully saturated rings. The van der Waals surface area contributed by atoms with Gasteiger partial charge in [-0.15, -0.1) is 0 Å². The molecule has 1 aliphatic rings. The van der Waals surface area contributed by atoms with E-state index < -0.39 is 11.8 Å². The first-order valence-electron chi connectivity index (χ1n) is 8.10. The third-order valence-corrected chi connectivity index (χ3v) is 4.04. The summed E-state index contributed by atoms with van der Waals surface area (Å²) in [5, 5.41) is 14.2. The van der Waals surface area contributed by atoms with E-state index >= 15 is 0 Å². The van der Waals surface area contributed by atoms with E-state index in [9.17, 15) is 9.18 Å². The van der Waals surface area contributed by atoms with Crippen LogP contribution in [0.4, 0.5) is 20.7 Å². The number of benzene rings is 1. The molecule has 7 heteroatoms. The molecule has 3 rings (SSSR count). The van der Waals surface area contributed by atoms with Gasteiger partial charge in [0.25, 0.3) is 0 Å². The Bertz CT molecular complexity index is 794. The number of hydrogen-bond donors (Lipinski definition) is 2. The number of nitriles is 1. The summed E-state index contributed by atoms with van der Waals surface area (Å²) in [6.45, 7) is 2.37. The highest BCUT2D eigenvalue weighted by Gasteiger charge is 2.13. The first kappa shape index (κ1) is 16.7. The average Bonchev–Trinajstić information content (AvgIpc) is 3.16. The average molecular weight is 339 g/mol. The SMILES string of the molecule is N#Cc1cc(F)ccc1NC(=O)NCc1ccc(N2CCCC2)nc1. The smallest absolute Gasteiger partial charge is 0.319 e. The molecule has 0 radical (unpaired) electrons. The Morgan fingerprint density at radius 3 is 2.76 bits per heavy atom. The second-order valence-corrected chi connectivity index (χ2v) is 5.83. The first-order valence-corrected chi connectivity index (χ1v) is 8.10. The minimum Gasteiger partial charge on any atom is -0.357 e. The van der Waals surface area contributed by atoms with Crippen molar-refractivity contribution >= 4 is 17.5 Å². The van der Waals surface area contributed by atoms with Crippen molar-refractivity contribution in [2.45, 2.75) is 19.4 Å². The fourth-order valence-corrected chi connectivity index (χ4v) is 2.72. The monoisotopic (exact) mass is 339 g/mol. The number of carbonyl (C=O) groups excluding carboxylic acids is 1. The van der Waals surface area contributed by atoms with E-state index in [0.29, 0.717) is 6.54 Å². The molecule has 0 bridgehead atoms. The molecule has 0 aliphatic carbocycles. The van der Waals surface area contributed by atoms with Gasteiger partial charge in [0.15, 0.2) is 0 Å². The lowest BCUT2D eigenvalue weighted by atomic mass is 10.2. The van der Waals surface area contributed by atoms with Gasteiger partial charge in [-0.2, -0.15) is 5.26 Å². The number of aromatic nitrogens is 1. The van der Waals surface area contributed by atoms with Crippen molar-refractivity contribution < 1.29 is 9.18 Å². The van der Waals surface area contributed by atoms with Gasteiger partial charge in [-0.3, -0.25) is 0 Å². The van der Waals surface area contributed by atoms with Crippen LogP contribution in [0.1, 0.15) is 24.0 Å². The number of amides is 2. The third-order valence-electron chi connectivity index (χ3n) is 4.04. The summed E-state index contributed by atoms with van der Waals surface area (Å²) >= 11 is 0. The maximum Gasteiger partial charge on any atom is 0.319 e. The van der Waals surface area contributed by atoms with E-state index in [1.165, 1.54) is 25.0 Å². The van der Waals surface area contributed by atoms with Crippen molar-refractivity contribution in [2.75, 3.05) is 23.3 Å². The van der Waals surface area contributed by atoms with E-state index in [1.807, 2.05) is 18.2 Å². The summed E-state index contributed by atoms with van der Waals surface area (Å²) in [6.07, 6.45) is 4.13. The van der Waals surface area contributed by atoms with Gasteiger partial charge < -0.3 is 15.5 Å². The molecule has 2 aromatic rings. The highest BCUT2D eigenvalue weighted by molar-refractivity contribution is 5.90. The van der Waals surface area contributed by atoms with Crippen LogP contribution < -0.4 is 15.5 Å². The van der Waals surface area contributed by atoms with Gasteiger partial charge in [-0.05, 0) is 42.7 Å². The number of nitrogens with zero attached hydrogens (tertiary/aromatic N) is 3. The van der Waals surface area contributed by atoms with E-state index in [4.69, 9.17) is 5.26 Å². The van der Waals surface area contributed by atoms with Gasteiger partial charge in [0.1, 0.15) is 17.7 Å². The Morgan fingerprint density at radius 1 is 1.28 bits per heavy atom. The molecule has 2 amide bonds. The second kappa shape index (κ2) is 7.62. The number of halogens is 1. The van der Waals surface area contributed by atoms with Gasteiger partial charge in [-0.1, -0.05) is 6.07 Å². The van der Waals surface area contributed by atoms with E-state index in [2.05, 4.69) is 20.5 Å². The number of rotatable bonds is 4. The highest BCUT2D eigenvalue weighted by atomic mass is 19.1. The Kier molecular flexibility index (Phi) is 5.09.